The maximum absolute atomic E-state index is 4.75. The zero-order valence-electron chi connectivity index (χ0n) is 12.4. The average Bonchev–Trinajstić information content (AvgIpc) is 2.83. The van der Waals surface area contributed by atoms with E-state index in [1.807, 2.05) is 0 Å². The van der Waals surface area contributed by atoms with Crippen molar-refractivity contribution in [2.45, 2.75) is 32.7 Å². The first-order valence-corrected chi connectivity index (χ1v) is 7.52. The lowest BCUT2D eigenvalue weighted by atomic mass is 9.94. The molecule has 0 bridgehead atoms. The maximum Gasteiger partial charge on any atom is 0.161 e. The van der Waals surface area contributed by atoms with E-state index in [1.165, 1.54) is 22.5 Å². The second-order valence-corrected chi connectivity index (χ2v) is 5.84. The van der Waals surface area contributed by atoms with Gasteiger partial charge in [0.05, 0.1) is 17.4 Å². The molecule has 4 rings (SSSR count). The number of aromatic nitrogens is 2. The summed E-state index contributed by atoms with van der Waals surface area (Å²) in [5.41, 5.74) is 7.31. The second kappa shape index (κ2) is 4.62. The second-order valence-electron chi connectivity index (χ2n) is 5.84. The first-order valence-electron chi connectivity index (χ1n) is 7.52. The molecule has 3 heteroatoms. The topological polar surface area (TPSA) is 29.3 Å². The normalized spacial score (nSPS) is 17.5. The van der Waals surface area contributed by atoms with Gasteiger partial charge >= 0.3 is 0 Å². The molecule has 0 spiro atoms. The molecule has 0 saturated carbocycles. The molecule has 1 aliphatic rings. The minimum Gasteiger partial charge on any atom is -0.375 e. The van der Waals surface area contributed by atoms with Gasteiger partial charge in [-0.05, 0) is 43.9 Å². The fraction of sp³-hybridized carbons (Fsp3) is 0.278. The number of anilines is 1. The lowest BCUT2D eigenvalue weighted by Gasteiger charge is -2.27. The predicted molar refractivity (Wildman–Crippen MR) is 85.8 cm³/mol. The van der Waals surface area contributed by atoms with Crippen LogP contribution in [0.2, 0.25) is 0 Å². The van der Waals surface area contributed by atoms with Gasteiger partial charge in [-0.3, -0.25) is 0 Å². The van der Waals surface area contributed by atoms with Crippen molar-refractivity contribution < 1.29 is 0 Å². The predicted octanol–water partition coefficient (Wildman–Crippen LogP) is 4.05. The molecule has 0 saturated heterocycles. The number of pyridine rings is 1. The van der Waals surface area contributed by atoms with Crippen LogP contribution in [-0.2, 0) is 6.42 Å². The van der Waals surface area contributed by atoms with Gasteiger partial charge in [-0.25, -0.2) is 4.98 Å². The standard InChI is InChI=1S/C18H19N3/c1-12-13(2)21-11-10-15-8-9-16(14-6-4-3-5-7-14)20-17(15)18(21)19-12/h3-7,10-11,16,20H,8-9H2,1-2H3. The zero-order chi connectivity index (χ0) is 14.4. The first kappa shape index (κ1) is 12.5. The fourth-order valence-corrected chi connectivity index (χ4v) is 3.22. The summed E-state index contributed by atoms with van der Waals surface area (Å²) in [5.74, 6) is 0. The Morgan fingerprint density at radius 3 is 2.76 bits per heavy atom. The number of imidazole rings is 1. The van der Waals surface area contributed by atoms with Gasteiger partial charge in [0, 0.05) is 11.9 Å². The van der Waals surface area contributed by atoms with Gasteiger partial charge in [0.2, 0.25) is 0 Å². The van der Waals surface area contributed by atoms with Crippen molar-refractivity contribution in [1.82, 2.24) is 9.38 Å². The van der Waals surface area contributed by atoms with Gasteiger partial charge in [0.25, 0.3) is 0 Å². The van der Waals surface area contributed by atoms with E-state index in [2.05, 4.69) is 66.2 Å². The smallest absolute Gasteiger partial charge is 0.161 e. The number of rotatable bonds is 1. The molecule has 3 aromatic rings. The number of fused-ring (bicyclic) bond motifs is 3. The molecular formula is C18H19N3. The number of nitrogens with zero attached hydrogens (tertiary/aromatic N) is 2. The Morgan fingerprint density at radius 1 is 1.14 bits per heavy atom. The summed E-state index contributed by atoms with van der Waals surface area (Å²) in [7, 11) is 0. The van der Waals surface area contributed by atoms with Crippen LogP contribution in [0.4, 0.5) is 5.69 Å². The Labute approximate surface area is 124 Å². The van der Waals surface area contributed by atoms with Crippen LogP contribution in [-0.4, -0.2) is 9.38 Å². The Hall–Kier alpha value is -2.29. The third kappa shape index (κ3) is 1.92. The van der Waals surface area contributed by atoms with E-state index >= 15 is 0 Å². The number of hydrogen-bond acceptors (Lipinski definition) is 2. The van der Waals surface area contributed by atoms with E-state index in [4.69, 9.17) is 4.98 Å². The minimum atomic E-state index is 0.377. The molecule has 1 atom stereocenters. The lowest BCUT2D eigenvalue weighted by Crippen LogP contribution is -2.19. The molecule has 21 heavy (non-hydrogen) atoms. The third-order valence-corrected chi connectivity index (χ3v) is 4.58. The SMILES string of the molecule is Cc1nc2c3c(ccn2c1C)CCC(c1ccccc1)N3. The number of hydrogen-bond donors (Lipinski definition) is 1. The molecule has 1 unspecified atom stereocenters. The number of aryl methyl sites for hydroxylation is 3. The summed E-state index contributed by atoms with van der Waals surface area (Å²) in [6.07, 6.45) is 4.38. The summed E-state index contributed by atoms with van der Waals surface area (Å²) in [5, 5.41) is 3.71. The molecule has 106 valence electrons. The molecule has 1 N–H and O–H groups in total. The largest absolute Gasteiger partial charge is 0.375 e. The summed E-state index contributed by atoms with van der Waals surface area (Å²) >= 11 is 0. The molecular weight excluding hydrogens is 258 g/mol. The van der Waals surface area contributed by atoms with Crippen LogP contribution in [0, 0.1) is 13.8 Å². The third-order valence-electron chi connectivity index (χ3n) is 4.58. The van der Waals surface area contributed by atoms with Crippen LogP contribution in [0.1, 0.15) is 35.0 Å². The van der Waals surface area contributed by atoms with Crippen LogP contribution in [0.25, 0.3) is 5.65 Å². The maximum atomic E-state index is 4.75. The Morgan fingerprint density at radius 2 is 1.95 bits per heavy atom. The number of benzene rings is 1. The first-order chi connectivity index (χ1) is 10.2. The van der Waals surface area contributed by atoms with Crippen LogP contribution in [0.5, 0.6) is 0 Å². The molecule has 2 aromatic heterocycles. The molecule has 0 aliphatic carbocycles. The Balaban J connectivity index is 1.82. The highest BCUT2D eigenvalue weighted by atomic mass is 15.1. The zero-order valence-corrected chi connectivity index (χ0v) is 12.4. The highest BCUT2D eigenvalue weighted by Crippen LogP contribution is 2.35. The van der Waals surface area contributed by atoms with E-state index in [0.29, 0.717) is 6.04 Å². The Kier molecular flexibility index (Phi) is 2.74. The van der Waals surface area contributed by atoms with Crippen LogP contribution < -0.4 is 5.32 Å². The average molecular weight is 277 g/mol. The van der Waals surface area contributed by atoms with Crippen LogP contribution in [0.3, 0.4) is 0 Å². The van der Waals surface area contributed by atoms with Crippen molar-refractivity contribution in [3.63, 3.8) is 0 Å². The molecule has 1 aliphatic heterocycles. The monoisotopic (exact) mass is 277 g/mol. The quantitative estimate of drug-likeness (QED) is 0.727. The molecule has 3 heterocycles. The minimum absolute atomic E-state index is 0.377. The molecule has 0 radical (unpaired) electrons. The highest BCUT2D eigenvalue weighted by Gasteiger charge is 2.22. The van der Waals surface area contributed by atoms with E-state index in [-0.39, 0.29) is 0 Å². The fourth-order valence-electron chi connectivity index (χ4n) is 3.22. The van der Waals surface area contributed by atoms with Crippen LogP contribution in [0.15, 0.2) is 42.6 Å². The van der Waals surface area contributed by atoms with E-state index in [9.17, 15) is 0 Å². The van der Waals surface area contributed by atoms with Gasteiger partial charge < -0.3 is 9.72 Å². The van der Waals surface area contributed by atoms with Gasteiger partial charge in [-0.15, -0.1) is 0 Å². The molecule has 1 aromatic carbocycles. The Bertz CT molecular complexity index is 802. The van der Waals surface area contributed by atoms with Crippen molar-refractivity contribution in [1.29, 1.82) is 0 Å². The van der Waals surface area contributed by atoms with Gasteiger partial charge in [-0.1, -0.05) is 30.3 Å². The lowest BCUT2D eigenvalue weighted by molar-refractivity contribution is 0.667. The van der Waals surface area contributed by atoms with Gasteiger partial charge in [0.1, 0.15) is 0 Å². The van der Waals surface area contributed by atoms with Crippen molar-refractivity contribution in [2.75, 3.05) is 5.32 Å². The van der Waals surface area contributed by atoms with E-state index in [0.717, 1.165) is 24.2 Å². The van der Waals surface area contributed by atoms with Crippen molar-refractivity contribution in [3.05, 3.63) is 65.1 Å². The summed E-state index contributed by atoms with van der Waals surface area (Å²) in [6.45, 7) is 4.20. The van der Waals surface area contributed by atoms with Gasteiger partial charge in [-0.2, -0.15) is 0 Å². The van der Waals surface area contributed by atoms with E-state index < -0.39 is 0 Å². The van der Waals surface area contributed by atoms with Gasteiger partial charge in [0.15, 0.2) is 5.65 Å². The molecule has 3 nitrogen and oxygen atoms in total. The number of nitrogens with one attached hydrogen (secondary N) is 1. The van der Waals surface area contributed by atoms with Crippen molar-refractivity contribution in [3.8, 4) is 0 Å². The van der Waals surface area contributed by atoms with E-state index in [1.54, 1.807) is 0 Å². The molecule has 0 fully saturated rings. The summed E-state index contributed by atoms with van der Waals surface area (Å²) in [4.78, 5) is 4.75. The summed E-state index contributed by atoms with van der Waals surface area (Å²) < 4.78 is 2.19. The highest BCUT2D eigenvalue weighted by molar-refractivity contribution is 5.74. The molecule has 0 amide bonds. The van der Waals surface area contributed by atoms with Crippen molar-refractivity contribution >= 4 is 11.3 Å². The summed E-state index contributed by atoms with van der Waals surface area (Å²) in [6, 6.07) is 13.3. The van der Waals surface area contributed by atoms with Crippen LogP contribution >= 0.6 is 0 Å². The van der Waals surface area contributed by atoms with Crippen molar-refractivity contribution in [2.24, 2.45) is 0 Å².